The molecule has 108 valence electrons. The van der Waals surface area contributed by atoms with Crippen molar-refractivity contribution in [3.63, 3.8) is 0 Å². The fourth-order valence-corrected chi connectivity index (χ4v) is 1.99. The molecule has 0 aliphatic rings. The van der Waals surface area contributed by atoms with Crippen LogP contribution in [0.4, 0.5) is 0 Å². The molecule has 3 N–H and O–H groups in total. The molecule has 0 spiro atoms. The van der Waals surface area contributed by atoms with Gasteiger partial charge in [-0.3, -0.25) is 11.3 Å². The van der Waals surface area contributed by atoms with Crippen molar-refractivity contribution in [2.45, 2.75) is 45.8 Å². The summed E-state index contributed by atoms with van der Waals surface area (Å²) in [7, 11) is 0. The summed E-state index contributed by atoms with van der Waals surface area (Å²) in [5.74, 6) is 6.57. The first kappa shape index (κ1) is 16.0. The van der Waals surface area contributed by atoms with Gasteiger partial charge in [-0.05, 0) is 39.7 Å². The van der Waals surface area contributed by atoms with Crippen LogP contribution in [0.15, 0.2) is 24.3 Å². The van der Waals surface area contributed by atoms with E-state index >= 15 is 0 Å². The zero-order valence-corrected chi connectivity index (χ0v) is 12.2. The molecule has 1 unspecified atom stereocenters. The number of ether oxygens (including phenoxy) is 2. The van der Waals surface area contributed by atoms with Gasteiger partial charge in [0, 0.05) is 24.8 Å². The highest BCUT2D eigenvalue weighted by Crippen LogP contribution is 2.28. The maximum Gasteiger partial charge on any atom is 0.124 e. The standard InChI is InChI=1S/C15H26N2O2/c1-4-18-11-7-9-14(17-16)13-8-5-6-10-15(13)19-12(2)3/h5-6,8,10,12,14,17H,4,7,9,11,16H2,1-3H3. The van der Waals surface area contributed by atoms with Crippen LogP contribution in [0.1, 0.15) is 45.2 Å². The molecule has 0 radical (unpaired) electrons. The van der Waals surface area contributed by atoms with Crippen molar-refractivity contribution in [2.24, 2.45) is 5.84 Å². The molecular formula is C15H26N2O2. The summed E-state index contributed by atoms with van der Waals surface area (Å²) in [4.78, 5) is 0. The average molecular weight is 266 g/mol. The molecule has 0 saturated heterocycles. The van der Waals surface area contributed by atoms with Crippen LogP contribution in [0.5, 0.6) is 5.75 Å². The van der Waals surface area contributed by atoms with E-state index in [4.69, 9.17) is 15.3 Å². The maximum absolute atomic E-state index is 5.83. The van der Waals surface area contributed by atoms with Crippen molar-refractivity contribution < 1.29 is 9.47 Å². The molecule has 0 saturated carbocycles. The van der Waals surface area contributed by atoms with E-state index in [0.29, 0.717) is 0 Å². The van der Waals surface area contributed by atoms with E-state index in [9.17, 15) is 0 Å². The molecule has 0 aromatic heterocycles. The van der Waals surface area contributed by atoms with Crippen LogP contribution in [-0.4, -0.2) is 19.3 Å². The van der Waals surface area contributed by atoms with Crippen LogP contribution in [0, 0.1) is 0 Å². The Labute approximate surface area is 116 Å². The number of nitrogens with two attached hydrogens (primary N) is 1. The molecule has 0 amide bonds. The number of rotatable bonds is 9. The van der Waals surface area contributed by atoms with Gasteiger partial charge < -0.3 is 9.47 Å². The van der Waals surface area contributed by atoms with E-state index in [-0.39, 0.29) is 12.1 Å². The van der Waals surface area contributed by atoms with Crippen molar-refractivity contribution in [1.82, 2.24) is 5.43 Å². The van der Waals surface area contributed by atoms with Crippen molar-refractivity contribution >= 4 is 0 Å². The molecule has 0 aliphatic heterocycles. The molecule has 0 fully saturated rings. The Hall–Kier alpha value is -1.10. The summed E-state index contributed by atoms with van der Waals surface area (Å²) >= 11 is 0. The highest BCUT2D eigenvalue weighted by atomic mass is 16.5. The molecular weight excluding hydrogens is 240 g/mol. The molecule has 4 nitrogen and oxygen atoms in total. The fourth-order valence-electron chi connectivity index (χ4n) is 1.99. The number of hydrogen-bond acceptors (Lipinski definition) is 4. The largest absolute Gasteiger partial charge is 0.491 e. The van der Waals surface area contributed by atoms with E-state index in [1.54, 1.807) is 0 Å². The molecule has 1 atom stereocenters. The number of benzene rings is 1. The van der Waals surface area contributed by atoms with Crippen molar-refractivity contribution in [3.05, 3.63) is 29.8 Å². The van der Waals surface area contributed by atoms with Gasteiger partial charge in [0.2, 0.25) is 0 Å². The average Bonchev–Trinajstić information content (AvgIpc) is 2.39. The Morgan fingerprint density at radius 2 is 2.00 bits per heavy atom. The summed E-state index contributed by atoms with van der Waals surface area (Å²) in [5, 5.41) is 0. The van der Waals surface area contributed by atoms with Gasteiger partial charge in [0.05, 0.1) is 6.10 Å². The summed E-state index contributed by atoms with van der Waals surface area (Å²) in [6.07, 6.45) is 2.05. The van der Waals surface area contributed by atoms with Crippen LogP contribution >= 0.6 is 0 Å². The molecule has 1 aromatic rings. The lowest BCUT2D eigenvalue weighted by atomic mass is 10.0. The Morgan fingerprint density at radius 1 is 1.26 bits per heavy atom. The molecule has 0 bridgehead atoms. The second-order valence-corrected chi connectivity index (χ2v) is 4.76. The van der Waals surface area contributed by atoms with Crippen molar-refractivity contribution in [3.8, 4) is 5.75 Å². The Balaban J connectivity index is 2.68. The predicted molar refractivity (Wildman–Crippen MR) is 78.0 cm³/mol. The fraction of sp³-hybridized carbons (Fsp3) is 0.600. The summed E-state index contributed by atoms with van der Waals surface area (Å²) in [6, 6.07) is 8.13. The van der Waals surface area contributed by atoms with Crippen molar-refractivity contribution in [2.75, 3.05) is 13.2 Å². The molecule has 1 aromatic carbocycles. The molecule has 4 heteroatoms. The monoisotopic (exact) mass is 266 g/mol. The third-order valence-corrected chi connectivity index (χ3v) is 2.84. The van der Waals surface area contributed by atoms with Crippen molar-refractivity contribution in [1.29, 1.82) is 0 Å². The van der Waals surface area contributed by atoms with E-state index in [1.807, 2.05) is 39.0 Å². The third-order valence-electron chi connectivity index (χ3n) is 2.84. The van der Waals surface area contributed by atoms with Gasteiger partial charge >= 0.3 is 0 Å². The van der Waals surface area contributed by atoms with Gasteiger partial charge in [0.25, 0.3) is 0 Å². The highest BCUT2D eigenvalue weighted by molar-refractivity contribution is 5.36. The molecule has 1 rings (SSSR count). The zero-order valence-electron chi connectivity index (χ0n) is 12.2. The van der Waals surface area contributed by atoms with Crippen LogP contribution in [0.25, 0.3) is 0 Å². The Morgan fingerprint density at radius 3 is 2.63 bits per heavy atom. The summed E-state index contributed by atoms with van der Waals surface area (Å²) in [6.45, 7) is 7.58. The summed E-state index contributed by atoms with van der Waals surface area (Å²) < 4.78 is 11.2. The molecule has 0 heterocycles. The topological polar surface area (TPSA) is 56.5 Å². The Kier molecular flexibility index (Phi) is 7.48. The molecule has 0 aliphatic carbocycles. The van der Waals surface area contributed by atoms with Gasteiger partial charge in [-0.25, -0.2) is 0 Å². The van der Waals surface area contributed by atoms with E-state index in [2.05, 4.69) is 11.5 Å². The van der Waals surface area contributed by atoms with Gasteiger partial charge in [0.15, 0.2) is 0 Å². The number of hydrogen-bond donors (Lipinski definition) is 2. The first-order chi connectivity index (χ1) is 9.19. The van der Waals surface area contributed by atoms with Crippen LogP contribution in [0.3, 0.4) is 0 Å². The predicted octanol–water partition coefficient (Wildman–Crippen LogP) is 2.79. The minimum absolute atomic E-state index is 0.0930. The number of hydrazine groups is 1. The van der Waals surface area contributed by atoms with Gasteiger partial charge in [0.1, 0.15) is 5.75 Å². The van der Waals surface area contributed by atoms with Crippen LogP contribution < -0.4 is 16.0 Å². The maximum atomic E-state index is 5.83. The lowest BCUT2D eigenvalue weighted by Crippen LogP contribution is -2.29. The van der Waals surface area contributed by atoms with E-state index < -0.39 is 0 Å². The quantitative estimate of drug-likeness (QED) is 0.410. The second-order valence-electron chi connectivity index (χ2n) is 4.76. The minimum atomic E-state index is 0.0930. The van der Waals surface area contributed by atoms with Crippen LogP contribution in [0.2, 0.25) is 0 Å². The number of nitrogens with one attached hydrogen (secondary N) is 1. The minimum Gasteiger partial charge on any atom is -0.491 e. The first-order valence-corrected chi connectivity index (χ1v) is 6.98. The van der Waals surface area contributed by atoms with Crippen LogP contribution in [-0.2, 0) is 4.74 Å². The second kappa shape index (κ2) is 8.91. The highest BCUT2D eigenvalue weighted by Gasteiger charge is 2.15. The van der Waals surface area contributed by atoms with Gasteiger partial charge in [-0.15, -0.1) is 0 Å². The lowest BCUT2D eigenvalue weighted by Gasteiger charge is -2.21. The summed E-state index contributed by atoms with van der Waals surface area (Å²) in [5.41, 5.74) is 3.98. The molecule has 19 heavy (non-hydrogen) atoms. The lowest BCUT2D eigenvalue weighted by molar-refractivity contribution is 0.140. The van der Waals surface area contributed by atoms with E-state index in [1.165, 1.54) is 0 Å². The first-order valence-electron chi connectivity index (χ1n) is 6.98. The smallest absolute Gasteiger partial charge is 0.124 e. The van der Waals surface area contributed by atoms with Gasteiger partial charge in [-0.2, -0.15) is 0 Å². The third kappa shape index (κ3) is 5.59. The van der Waals surface area contributed by atoms with E-state index in [0.717, 1.165) is 37.4 Å². The zero-order chi connectivity index (χ0) is 14.1. The SMILES string of the molecule is CCOCCCC(NN)c1ccccc1OC(C)C. The van der Waals surface area contributed by atoms with Gasteiger partial charge in [-0.1, -0.05) is 18.2 Å². The Bertz CT molecular complexity index is 356. The number of para-hydroxylation sites is 1. The normalized spacial score (nSPS) is 12.7.